The number of aliphatic hydroxyl groups is 1. The highest BCUT2D eigenvalue weighted by atomic mass is 35.5. The molecule has 220 valence electrons. The number of anilines is 1. The van der Waals surface area contributed by atoms with Crippen molar-refractivity contribution in [3.63, 3.8) is 0 Å². The number of benzene rings is 2. The van der Waals surface area contributed by atoms with E-state index in [4.69, 9.17) is 27.2 Å². The van der Waals surface area contributed by atoms with Gasteiger partial charge in [0.15, 0.2) is 5.72 Å². The first-order valence-corrected chi connectivity index (χ1v) is 12.9. The summed E-state index contributed by atoms with van der Waals surface area (Å²) in [7, 11) is 1.35. The van der Waals surface area contributed by atoms with E-state index < -0.39 is 41.4 Å². The molecule has 1 heterocycles. The minimum absolute atomic E-state index is 0.0202. The lowest BCUT2D eigenvalue weighted by Crippen LogP contribution is -2.54. The Morgan fingerprint density at radius 3 is 2.66 bits per heavy atom. The Morgan fingerprint density at radius 2 is 1.93 bits per heavy atom. The van der Waals surface area contributed by atoms with E-state index >= 15 is 0 Å². The summed E-state index contributed by atoms with van der Waals surface area (Å²) in [6, 6.07) is 8.37. The van der Waals surface area contributed by atoms with Gasteiger partial charge in [0.1, 0.15) is 17.5 Å². The number of aromatic nitrogens is 1. The van der Waals surface area contributed by atoms with Gasteiger partial charge in [0.2, 0.25) is 5.91 Å². The average molecular weight is 593 g/mol. The number of nitrogens with two attached hydrogens (primary N) is 1. The number of nitrogens with one attached hydrogen (secondary N) is 3. The molecule has 0 fully saturated rings. The van der Waals surface area contributed by atoms with E-state index in [2.05, 4.69) is 20.9 Å². The molecule has 11 nitrogen and oxygen atoms in total. The van der Waals surface area contributed by atoms with Crippen LogP contribution in [0.2, 0.25) is 5.02 Å². The summed E-state index contributed by atoms with van der Waals surface area (Å²) < 4.78 is 33.1. The number of rotatable bonds is 11. The van der Waals surface area contributed by atoms with Crippen LogP contribution in [0.15, 0.2) is 48.7 Å². The quantitative estimate of drug-likeness (QED) is 0.213. The molecule has 41 heavy (non-hydrogen) atoms. The first-order valence-electron chi connectivity index (χ1n) is 12.5. The minimum atomic E-state index is -1.67. The van der Waals surface area contributed by atoms with Crippen molar-refractivity contribution in [2.75, 3.05) is 25.5 Å². The Morgan fingerprint density at radius 1 is 1.17 bits per heavy atom. The molecule has 2 atom stereocenters. The SMILES string of the molecule is CN(C(=O)NCc1cccc(F)c1Cl)[C@](C)(CCC(=O)NC[C@@H](N)CO)OC(=O)Nc1cc2cc(F)ccc2cn1. The smallest absolute Gasteiger partial charge is 0.414 e. The fraction of sp³-hybridized carbons (Fsp3) is 0.333. The molecule has 1 aromatic heterocycles. The molecule has 0 spiro atoms. The molecule has 0 aliphatic heterocycles. The molecule has 3 rings (SSSR count). The molecule has 0 aliphatic rings. The summed E-state index contributed by atoms with van der Waals surface area (Å²) in [6.45, 7) is 0.998. The summed E-state index contributed by atoms with van der Waals surface area (Å²) in [6.07, 6.45) is 0.137. The van der Waals surface area contributed by atoms with Gasteiger partial charge in [-0.05, 0) is 48.2 Å². The normalized spacial score (nSPS) is 13.1. The maximum Gasteiger partial charge on any atom is 0.414 e. The van der Waals surface area contributed by atoms with Crippen molar-refractivity contribution in [3.8, 4) is 0 Å². The van der Waals surface area contributed by atoms with Crippen LogP contribution in [0.4, 0.5) is 24.2 Å². The summed E-state index contributed by atoms with van der Waals surface area (Å²) in [5, 5.41) is 17.6. The van der Waals surface area contributed by atoms with Crippen molar-refractivity contribution in [3.05, 3.63) is 70.9 Å². The van der Waals surface area contributed by atoms with E-state index in [1.54, 1.807) is 12.1 Å². The van der Waals surface area contributed by atoms with Gasteiger partial charge in [-0.2, -0.15) is 0 Å². The molecule has 0 unspecified atom stereocenters. The van der Waals surface area contributed by atoms with Gasteiger partial charge in [-0.15, -0.1) is 0 Å². The molecule has 6 N–H and O–H groups in total. The van der Waals surface area contributed by atoms with Gasteiger partial charge in [-0.1, -0.05) is 23.7 Å². The van der Waals surface area contributed by atoms with Crippen molar-refractivity contribution in [1.82, 2.24) is 20.5 Å². The van der Waals surface area contributed by atoms with E-state index in [0.29, 0.717) is 16.3 Å². The van der Waals surface area contributed by atoms with Crippen molar-refractivity contribution in [2.45, 2.75) is 38.1 Å². The number of pyridine rings is 1. The molecule has 0 saturated heterocycles. The number of ether oxygens (including phenoxy) is 1. The van der Waals surface area contributed by atoms with Crippen LogP contribution in [0.25, 0.3) is 10.8 Å². The van der Waals surface area contributed by atoms with Gasteiger partial charge in [0.05, 0.1) is 11.6 Å². The van der Waals surface area contributed by atoms with Crippen LogP contribution in [-0.2, 0) is 16.1 Å². The number of amides is 4. The van der Waals surface area contributed by atoms with Gasteiger partial charge in [-0.25, -0.2) is 23.4 Å². The molecule has 14 heteroatoms. The molecule has 4 amide bonds. The largest absolute Gasteiger partial charge is 0.423 e. The van der Waals surface area contributed by atoms with Gasteiger partial charge in [0.25, 0.3) is 0 Å². The molecule has 0 saturated carbocycles. The van der Waals surface area contributed by atoms with Gasteiger partial charge >= 0.3 is 12.1 Å². The van der Waals surface area contributed by atoms with E-state index in [1.165, 1.54) is 50.5 Å². The first kappa shape index (κ1) is 31.5. The fourth-order valence-electron chi connectivity index (χ4n) is 3.73. The molecule has 0 radical (unpaired) electrons. The number of nitrogens with zero attached hydrogens (tertiary/aromatic N) is 2. The lowest BCUT2D eigenvalue weighted by Gasteiger charge is -2.38. The molecular weight excluding hydrogens is 562 g/mol. The highest BCUT2D eigenvalue weighted by molar-refractivity contribution is 6.31. The Bertz CT molecular complexity index is 1410. The first-order chi connectivity index (χ1) is 19.4. The standard InChI is InChI=1S/C27H31ClF2N6O5/c1-27(9-8-23(38)33-14-20(31)15-37,36(2)25(39)34-13-17-4-3-5-21(30)24(17)28)41-26(40)35-22-11-18-10-19(29)7-6-16(18)12-32-22/h3-7,10-12,20,37H,8-9,13-15,31H2,1-2H3,(H,33,38)(H,34,39)(H,32,35,40)/t20-,27+/m1/s1. The summed E-state index contributed by atoms with van der Waals surface area (Å²) in [5.41, 5.74) is 4.27. The number of urea groups is 1. The highest BCUT2D eigenvalue weighted by Gasteiger charge is 2.37. The highest BCUT2D eigenvalue weighted by Crippen LogP contribution is 2.25. The third-order valence-corrected chi connectivity index (χ3v) is 6.74. The Kier molecular flexibility index (Phi) is 10.8. The summed E-state index contributed by atoms with van der Waals surface area (Å²) in [4.78, 5) is 43.6. The zero-order valence-corrected chi connectivity index (χ0v) is 23.2. The Labute approximate surface area is 240 Å². The maximum atomic E-state index is 13.8. The van der Waals surface area contributed by atoms with Gasteiger partial charge < -0.3 is 26.2 Å². The zero-order chi connectivity index (χ0) is 30.2. The number of carbonyl (C=O) groups is 3. The van der Waals surface area contributed by atoms with E-state index in [9.17, 15) is 23.2 Å². The maximum absolute atomic E-state index is 13.8. The number of halogens is 3. The second kappa shape index (κ2) is 14.0. The van der Waals surface area contributed by atoms with Crippen LogP contribution in [-0.4, -0.2) is 65.0 Å². The Hall–Kier alpha value is -4.07. The molecule has 0 bridgehead atoms. The molecule has 0 aliphatic carbocycles. The van der Waals surface area contributed by atoms with Gasteiger partial charge in [-0.3, -0.25) is 15.0 Å². The monoisotopic (exact) mass is 592 g/mol. The predicted octanol–water partition coefficient (Wildman–Crippen LogP) is 3.49. The third-order valence-electron chi connectivity index (χ3n) is 6.31. The van der Waals surface area contributed by atoms with Crippen LogP contribution in [0.3, 0.4) is 0 Å². The van der Waals surface area contributed by atoms with Crippen molar-refractivity contribution in [2.24, 2.45) is 5.73 Å². The number of hydrogen-bond acceptors (Lipinski definition) is 7. The second-order valence-corrected chi connectivity index (χ2v) is 9.81. The second-order valence-electron chi connectivity index (χ2n) is 9.43. The van der Waals surface area contributed by atoms with Crippen LogP contribution in [0.1, 0.15) is 25.3 Å². The van der Waals surface area contributed by atoms with Crippen molar-refractivity contribution < 1.29 is 33.0 Å². The third kappa shape index (κ3) is 8.71. The Balaban J connectivity index is 1.74. The lowest BCUT2D eigenvalue weighted by atomic mass is 10.1. The molecular formula is C27H31ClF2N6O5. The van der Waals surface area contributed by atoms with E-state index in [1.807, 2.05) is 0 Å². The topological polar surface area (TPSA) is 159 Å². The number of aliphatic hydroxyl groups excluding tert-OH is 1. The van der Waals surface area contributed by atoms with Crippen LogP contribution in [0, 0.1) is 11.6 Å². The summed E-state index contributed by atoms with van der Waals surface area (Å²) >= 11 is 5.97. The minimum Gasteiger partial charge on any atom is -0.423 e. The number of carbonyl (C=O) groups excluding carboxylic acids is 3. The van der Waals surface area contributed by atoms with Crippen molar-refractivity contribution in [1.29, 1.82) is 0 Å². The number of hydrogen-bond donors (Lipinski definition) is 5. The average Bonchev–Trinajstić information content (AvgIpc) is 2.94. The lowest BCUT2D eigenvalue weighted by molar-refractivity contribution is -0.124. The van der Waals surface area contributed by atoms with Crippen LogP contribution in [0.5, 0.6) is 0 Å². The van der Waals surface area contributed by atoms with Gasteiger partial charge in [0, 0.05) is 50.6 Å². The van der Waals surface area contributed by atoms with Crippen molar-refractivity contribution >= 4 is 46.2 Å². The molecule has 3 aromatic rings. The molecule has 2 aromatic carbocycles. The van der Waals surface area contributed by atoms with E-state index in [0.717, 1.165) is 4.90 Å². The zero-order valence-electron chi connectivity index (χ0n) is 22.4. The van der Waals surface area contributed by atoms with Crippen LogP contribution >= 0.6 is 11.6 Å². The summed E-state index contributed by atoms with van der Waals surface area (Å²) in [5.74, 6) is -1.49. The van der Waals surface area contributed by atoms with Crippen LogP contribution < -0.4 is 21.7 Å². The predicted molar refractivity (Wildman–Crippen MR) is 149 cm³/mol. The van der Waals surface area contributed by atoms with E-state index in [-0.39, 0.29) is 43.4 Å². The number of fused-ring (bicyclic) bond motifs is 1. The fourth-order valence-corrected chi connectivity index (χ4v) is 3.92.